The fourth-order valence-corrected chi connectivity index (χ4v) is 1.26. The average molecular weight is 254 g/mol. The Morgan fingerprint density at radius 2 is 2.12 bits per heavy atom. The van der Waals surface area contributed by atoms with Gasteiger partial charge in [-0.3, -0.25) is 4.79 Å². The first kappa shape index (κ1) is 13.5. The molecular formula is C12H16ClN3O. The number of rotatable bonds is 5. The molecule has 0 radical (unpaired) electrons. The summed E-state index contributed by atoms with van der Waals surface area (Å²) in [4.78, 5) is 11.4. The second kappa shape index (κ2) is 6.91. The quantitative estimate of drug-likeness (QED) is 0.626. The minimum atomic E-state index is -0.197. The number of para-hydroxylation sites is 1. The maximum Gasteiger partial charge on any atom is 0.259 e. The first-order chi connectivity index (χ1) is 8.13. The van der Waals surface area contributed by atoms with Gasteiger partial charge in [-0.25, -0.2) is 5.43 Å². The molecule has 0 spiro atoms. The van der Waals surface area contributed by atoms with E-state index in [-0.39, 0.29) is 12.5 Å². The number of hydrogen-bond acceptors (Lipinski definition) is 3. The highest BCUT2D eigenvalue weighted by Gasteiger charge is 2.02. The molecule has 0 heterocycles. The van der Waals surface area contributed by atoms with Gasteiger partial charge in [0, 0.05) is 5.71 Å². The summed E-state index contributed by atoms with van der Waals surface area (Å²) in [5.74, 6) is -0.197. The lowest BCUT2D eigenvalue weighted by atomic mass is 10.3. The highest BCUT2D eigenvalue weighted by Crippen LogP contribution is 2.19. The van der Waals surface area contributed by atoms with Crippen molar-refractivity contribution in [3.63, 3.8) is 0 Å². The highest BCUT2D eigenvalue weighted by molar-refractivity contribution is 6.33. The van der Waals surface area contributed by atoms with Crippen LogP contribution < -0.4 is 10.7 Å². The summed E-state index contributed by atoms with van der Waals surface area (Å²) in [7, 11) is 0. The van der Waals surface area contributed by atoms with E-state index < -0.39 is 0 Å². The van der Waals surface area contributed by atoms with Crippen LogP contribution in [0.1, 0.15) is 20.3 Å². The van der Waals surface area contributed by atoms with Crippen molar-refractivity contribution >= 4 is 28.9 Å². The Morgan fingerprint density at radius 3 is 2.76 bits per heavy atom. The monoisotopic (exact) mass is 253 g/mol. The molecule has 0 unspecified atom stereocenters. The number of nitrogens with zero attached hydrogens (tertiary/aromatic N) is 1. The predicted octanol–water partition coefficient (Wildman–Crippen LogP) is 2.65. The third-order valence-electron chi connectivity index (χ3n) is 2.20. The predicted molar refractivity (Wildman–Crippen MR) is 71.5 cm³/mol. The largest absolute Gasteiger partial charge is 0.375 e. The molecule has 17 heavy (non-hydrogen) atoms. The summed E-state index contributed by atoms with van der Waals surface area (Å²) in [6, 6.07) is 7.27. The molecule has 0 saturated heterocycles. The van der Waals surface area contributed by atoms with Crippen LogP contribution in [-0.2, 0) is 4.79 Å². The van der Waals surface area contributed by atoms with Crippen LogP contribution in [0.15, 0.2) is 29.4 Å². The summed E-state index contributed by atoms with van der Waals surface area (Å²) in [5, 5.41) is 7.45. The zero-order valence-electron chi connectivity index (χ0n) is 9.96. The molecule has 0 fully saturated rings. The van der Waals surface area contributed by atoms with Crippen LogP contribution in [0.3, 0.4) is 0 Å². The van der Waals surface area contributed by atoms with Gasteiger partial charge in [-0.15, -0.1) is 0 Å². The van der Waals surface area contributed by atoms with Crippen LogP contribution in [-0.4, -0.2) is 18.2 Å². The Bertz CT molecular complexity index is 418. The molecule has 0 atom stereocenters. The second-order valence-corrected chi connectivity index (χ2v) is 3.98. The lowest BCUT2D eigenvalue weighted by Gasteiger charge is -2.07. The first-order valence-electron chi connectivity index (χ1n) is 5.44. The Balaban J connectivity index is 2.41. The van der Waals surface area contributed by atoms with Crippen molar-refractivity contribution in [2.45, 2.75) is 20.3 Å². The highest BCUT2D eigenvalue weighted by atomic mass is 35.5. The van der Waals surface area contributed by atoms with Gasteiger partial charge < -0.3 is 5.32 Å². The van der Waals surface area contributed by atoms with E-state index in [1.807, 2.05) is 32.0 Å². The molecule has 5 heteroatoms. The molecule has 2 N–H and O–H groups in total. The van der Waals surface area contributed by atoms with Crippen LogP contribution in [0.25, 0.3) is 0 Å². The van der Waals surface area contributed by atoms with E-state index in [1.54, 1.807) is 6.07 Å². The maximum absolute atomic E-state index is 11.4. The molecule has 1 rings (SSSR count). The van der Waals surface area contributed by atoms with Gasteiger partial charge in [-0.05, 0) is 25.5 Å². The fourth-order valence-electron chi connectivity index (χ4n) is 1.06. The van der Waals surface area contributed by atoms with Crippen LogP contribution in [0.2, 0.25) is 5.02 Å². The number of amides is 1. The Morgan fingerprint density at radius 1 is 1.41 bits per heavy atom. The Kier molecular flexibility index (Phi) is 5.49. The third-order valence-corrected chi connectivity index (χ3v) is 2.53. The topological polar surface area (TPSA) is 53.5 Å². The minimum Gasteiger partial charge on any atom is -0.375 e. The molecule has 0 aromatic heterocycles. The molecule has 0 aliphatic carbocycles. The molecular weight excluding hydrogens is 238 g/mol. The van der Waals surface area contributed by atoms with E-state index in [9.17, 15) is 4.79 Å². The SMILES string of the molecule is CCC(C)=NNC(=O)CNc1ccccc1Cl. The van der Waals surface area contributed by atoms with Crippen molar-refractivity contribution in [1.82, 2.24) is 5.43 Å². The van der Waals surface area contributed by atoms with Crippen molar-refractivity contribution in [1.29, 1.82) is 0 Å². The number of anilines is 1. The lowest BCUT2D eigenvalue weighted by molar-refractivity contribution is -0.119. The first-order valence-corrected chi connectivity index (χ1v) is 5.81. The Hall–Kier alpha value is -1.55. The van der Waals surface area contributed by atoms with Crippen molar-refractivity contribution in [3.8, 4) is 0 Å². The van der Waals surface area contributed by atoms with E-state index in [0.717, 1.165) is 17.8 Å². The van der Waals surface area contributed by atoms with Crippen molar-refractivity contribution < 1.29 is 4.79 Å². The standard InChI is InChI=1S/C12H16ClN3O/c1-3-9(2)15-16-12(17)8-14-11-7-5-4-6-10(11)13/h4-7,14H,3,8H2,1-2H3,(H,16,17). The number of hydrogen-bond donors (Lipinski definition) is 2. The van der Waals surface area contributed by atoms with E-state index in [2.05, 4.69) is 15.8 Å². The van der Waals surface area contributed by atoms with Gasteiger partial charge in [0.05, 0.1) is 17.3 Å². The lowest BCUT2D eigenvalue weighted by Crippen LogP contribution is -2.26. The van der Waals surface area contributed by atoms with Crippen LogP contribution in [0.4, 0.5) is 5.69 Å². The summed E-state index contributed by atoms with van der Waals surface area (Å²) in [6.45, 7) is 3.99. The number of carbonyl (C=O) groups excluding carboxylic acids is 1. The summed E-state index contributed by atoms with van der Waals surface area (Å²) < 4.78 is 0. The zero-order chi connectivity index (χ0) is 12.7. The molecule has 0 aliphatic rings. The number of hydrazone groups is 1. The fraction of sp³-hybridized carbons (Fsp3) is 0.333. The molecule has 0 saturated carbocycles. The number of carbonyl (C=O) groups is 1. The molecule has 92 valence electrons. The van der Waals surface area contributed by atoms with Crippen molar-refractivity contribution in [2.24, 2.45) is 5.10 Å². The normalized spacial score (nSPS) is 11.1. The minimum absolute atomic E-state index is 0.143. The van der Waals surface area contributed by atoms with Gasteiger partial charge in [0.15, 0.2) is 0 Å². The molecule has 4 nitrogen and oxygen atoms in total. The average Bonchev–Trinajstić information content (AvgIpc) is 2.35. The van der Waals surface area contributed by atoms with E-state index in [0.29, 0.717) is 5.02 Å². The van der Waals surface area contributed by atoms with Crippen LogP contribution in [0, 0.1) is 0 Å². The number of nitrogens with one attached hydrogen (secondary N) is 2. The van der Waals surface area contributed by atoms with Gasteiger partial charge in [-0.2, -0.15) is 5.10 Å². The molecule has 1 amide bonds. The summed E-state index contributed by atoms with van der Waals surface area (Å²) in [6.07, 6.45) is 0.818. The van der Waals surface area contributed by atoms with Gasteiger partial charge in [0.1, 0.15) is 0 Å². The van der Waals surface area contributed by atoms with Gasteiger partial charge >= 0.3 is 0 Å². The van der Waals surface area contributed by atoms with Crippen LogP contribution in [0.5, 0.6) is 0 Å². The summed E-state index contributed by atoms with van der Waals surface area (Å²) >= 11 is 5.94. The second-order valence-electron chi connectivity index (χ2n) is 3.57. The number of halogens is 1. The van der Waals surface area contributed by atoms with Gasteiger partial charge in [0.25, 0.3) is 5.91 Å². The van der Waals surface area contributed by atoms with Gasteiger partial charge in [0.2, 0.25) is 0 Å². The van der Waals surface area contributed by atoms with Gasteiger partial charge in [-0.1, -0.05) is 30.7 Å². The molecule has 0 aliphatic heterocycles. The molecule has 1 aromatic rings. The maximum atomic E-state index is 11.4. The number of benzene rings is 1. The molecule has 0 bridgehead atoms. The summed E-state index contributed by atoms with van der Waals surface area (Å²) in [5.41, 5.74) is 4.09. The smallest absolute Gasteiger partial charge is 0.259 e. The zero-order valence-corrected chi connectivity index (χ0v) is 10.7. The van der Waals surface area contributed by atoms with Crippen LogP contribution >= 0.6 is 11.6 Å². The Labute approximate surface area is 106 Å². The van der Waals surface area contributed by atoms with E-state index >= 15 is 0 Å². The van der Waals surface area contributed by atoms with Crippen molar-refractivity contribution in [3.05, 3.63) is 29.3 Å². The van der Waals surface area contributed by atoms with E-state index in [4.69, 9.17) is 11.6 Å². The third kappa shape index (κ3) is 4.87. The molecule has 1 aromatic carbocycles. The van der Waals surface area contributed by atoms with Crippen molar-refractivity contribution in [2.75, 3.05) is 11.9 Å². The van der Waals surface area contributed by atoms with E-state index in [1.165, 1.54) is 0 Å².